The molecule has 1 aliphatic carbocycles. The van der Waals surface area contributed by atoms with Crippen molar-refractivity contribution < 1.29 is 9.90 Å². The summed E-state index contributed by atoms with van der Waals surface area (Å²) in [5.41, 5.74) is 0.283. The molecular weight excluding hydrogens is 236 g/mol. The van der Waals surface area contributed by atoms with E-state index in [2.05, 4.69) is 6.92 Å². The fourth-order valence-corrected chi connectivity index (χ4v) is 3.67. The predicted octanol–water partition coefficient (Wildman–Crippen LogP) is 4.25. The van der Waals surface area contributed by atoms with E-state index in [1.807, 2.05) is 37.3 Å². The van der Waals surface area contributed by atoms with Crippen LogP contribution in [0.2, 0.25) is 0 Å². The van der Waals surface area contributed by atoms with Gasteiger partial charge >= 0.3 is 5.97 Å². The van der Waals surface area contributed by atoms with Crippen molar-refractivity contribution in [3.05, 3.63) is 35.9 Å². The topological polar surface area (TPSA) is 37.3 Å². The van der Waals surface area contributed by atoms with E-state index in [1.165, 1.54) is 0 Å². The summed E-state index contributed by atoms with van der Waals surface area (Å²) in [6, 6.07) is 9.82. The molecule has 0 aromatic heterocycles. The second-order valence-corrected chi connectivity index (χ2v) is 5.95. The third kappa shape index (κ3) is 2.54. The summed E-state index contributed by atoms with van der Waals surface area (Å²) >= 11 is 0. The zero-order chi connectivity index (χ0) is 13.9. The molecule has 1 atom stereocenters. The van der Waals surface area contributed by atoms with E-state index in [1.54, 1.807) is 0 Å². The number of carboxylic acids is 1. The van der Waals surface area contributed by atoms with Crippen LogP contribution in [-0.4, -0.2) is 11.1 Å². The smallest absolute Gasteiger partial charge is 0.314 e. The van der Waals surface area contributed by atoms with E-state index in [0.717, 1.165) is 37.2 Å². The SMILES string of the molecule is CCC(C(=O)O)(c1ccccc1)C1CCC(C)CC1. The van der Waals surface area contributed by atoms with Crippen LogP contribution >= 0.6 is 0 Å². The van der Waals surface area contributed by atoms with Crippen molar-refractivity contribution in [1.29, 1.82) is 0 Å². The lowest BCUT2D eigenvalue weighted by atomic mass is 9.62. The maximum absolute atomic E-state index is 12.0. The van der Waals surface area contributed by atoms with E-state index in [9.17, 15) is 9.90 Å². The first-order valence-electron chi connectivity index (χ1n) is 7.40. The van der Waals surface area contributed by atoms with Gasteiger partial charge in [-0.2, -0.15) is 0 Å². The summed E-state index contributed by atoms with van der Waals surface area (Å²) in [7, 11) is 0. The number of rotatable bonds is 4. The van der Waals surface area contributed by atoms with E-state index < -0.39 is 11.4 Å². The molecule has 1 aliphatic rings. The van der Waals surface area contributed by atoms with Gasteiger partial charge < -0.3 is 5.11 Å². The second kappa shape index (κ2) is 5.77. The van der Waals surface area contributed by atoms with Crippen molar-refractivity contribution in [2.24, 2.45) is 11.8 Å². The highest BCUT2D eigenvalue weighted by atomic mass is 16.4. The molecule has 0 aliphatic heterocycles. The van der Waals surface area contributed by atoms with Crippen molar-refractivity contribution >= 4 is 5.97 Å². The molecule has 104 valence electrons. The van der Waals surface area contributed by atoms with Gasteiger partial charge in [0.1, 0.15) is 0 Å². The third-order valence-corrected chi connectivity index (χ3v) is 4.94. The fourth-order valence-electron chi connectivity index (χ4n) is 3.67. The Kier molecular flexibility index (Phi) is 4.28. The highest BCUT2D eigenvalue weighted by molar-refractivity contribution is 5.81. The summed E-state index contributed by atoms with van der Waals surface area (Å²) in [4.78, 5) is 12.0. The van der Waals surface area contributed by atoms with Gasteiger partial charge in [-0.15, -0.1) is 0 Å². The monoisotopic (exact) mass is 260 g/mol. The van der Waals surface area contributed by atoms with Gasteiger partial charge in [0, 0.05) is 0 Å². The van der Waals surface area contributed by atoms with Gasteiger partial charge in [0.25, 0.3) is 0 Å². The number of carboxylic acid groups (broad SMARTS) is 1. The van der Waals surface area contributed by atoms with Crippen molar-refractivity contribution in [1.82, 2.24) is 0 Å². The largest absolute Gasteiger partial charge is 0.481 e. The fraction of sp³-hybridized carbons (Fsp3) is 0.588. The van der Waals surface area contributed by atoms with Crippen LogP contribution in [0.5, 0.6) is 0 Å². The Labute approximate surface area is 115 Å². The normalized spacial score (nSPS) is 26.6. The lowest BCUT2D eigenvalue weighted by Crippen LogP contribution is -2.44. The Morgan fingerprint density at radius 3 is 2.26 bits per heavy atom. The lowest BCUT2D eigenvalue weighted by molar-refractivity contribution is -0.147. The predicted molar refractivity (Wildman–Crippen MR) is 77.2 cm³/mol. The summed E-state index contributed by atoms with van der Waals surface area (Å²) in [6.07, 6.45) is 5.07. The maximum atomic E-state index is 12.0. The van der Waals surface area contributed by atoms with E-state index >= 15 is 0 Å². The number of hydrogen-bond donors (Lipinski definition) is 1. The van der Waals surface area contributed by atoms with Crippen LogP contribution in [0.1, 0.15) is 51.5 Å². The zero-order valence-corrected chi connectivity index (χ0v) is 11.9. The minimum Gasteiger partial charge on any atom is -0.481 e. The van der Waals surface area contributed by atoms with Crippen LogP contribution < -0.4 is 0 Å². The molecule has 2 heteroatoms. The summed E-state index contributed by atoms with van der Waals surface area (Å²) in [5, 5.41) is 9.90. The van der Waals surface area contributed by atoms with Gasteiger partial charge in [0.2, 0.25) is 0 Å². The Morgan fingerprint density at radius 1 is 1.21 bits per heavy atom. The van der Waals surface area contributed by atoms with Crippen molar-refractivity contribution in [2.75, 3.05) is 0 Å². The second-order valence-electron chi connectivity index (χ2n) is 5.95. The van der Waals surface area contributed by atoms with Gasteiger partial charge in [0.15, 0.2) is 0 Å². The Bertz CT molecular complexity index is 418. The zero-order valence-electron chi connectivity index (χ0n) is 11.9. The minimum absolute atomic E-state index is 0.272. The van der Waals surface area contributed by atoms with Gasteiger partial charge in [-0.05, 0) is 36.7 Å². The molecule has 0 heterocycles. The molecule has 1 unspecified atom stereocenters. The number of aliphatic carboxylic acids is 1. The highest BCUT2D eigenvalue weighted by Crippen LogP contribution is 2.44. The number of carbonyl (C=O) groups is 1. The first kappa shape index (κ1) is 14.1. The average Bonchev–Trinajstić information content (AvgIpc) is 2.43. The summed E-state index contributed by atoms with van der Waals surface area (Å²) < 4.78 is 0. The molecule has 2 rings (SSSR count). The average molecular weight is 260 g/mol. The molecule has 1 aromatic rings. The molecule has 1 saturated carbocycles. The molecule has 1 aromatic carbocycles. The standard InChI is InChI=1S/C17H24O2/c1-3-17(16(18)19,14-7-5-4-6-8-14)15-11-9-13(2)10-12-15/h4-8,13,15H,3,9-12H2,1-2H3,(H,18,19). The molecule has 2 nitrogen and oxygen atoms in total. The van der Waals surface area contributed by atoms with Crippen LogP contribution in [0, 0.1) is 11.8 Å². The molecular formula is C17H24O2. The van der Waals surface area contributed by atoms with Gasteiger partial charge in [-0.25, -0.2) is 0 Å². The minimum atomic E-state index is -0.693. The van der Waals surface area contributed by atoms with Crippen LogP contribution in [0.25, 0.3) is 0 Å². The van der Waals surface area contributed by atoms with E-state index in [0.29, 0.717) is 6.42 Å². The molecule has 0 saturated heterocycles. The molecule has 0 amide bonds. The molecule has 19 heavy (non-hydrogen) atoms. The van der Waals surface area contributed by atoms with Gasteiger partial charge in [-0.3, -0.25) is 4.79 Å². The maximum Gasteiger partial charge on any atom is 0.314 e. The van der Waals surface area contributed by atoms with Crippen LogP contribution in [0.4, 0.5) is 0 Å². The van der Waals surface area contributed by atoms with Gasteiger partial charge in [0.05, 0.1) is 5.41 Å². The van der Waals surface area contributed by atoms with E-state index in [4.69, 9.17) is 0 Å². The van der Waals surface area contributed by atoms with Crippen LogP contribution in [0.15, 0.2) is 30.3 Å². The summed E-state index contributed by atoms with van der Waals surface area (Å²) in [6.45, 7) is 4.28. The third-order valence-electron chi connectivity index (χ3n) is 4.94. The van der Waals surface area contributed by atoms with Crippen molar-refractivity contribution in [2.45, 2.75) is 51.4 Å². The van der Waals surface area contributed by atoms with Crippen molar-refractivity contribution in [3.8, 4) is 0 Å². The molecule has 0 spiro atoms. The molecule has 1 fully saturated rings. The lowest BCUT2D eigenvalue weighted by Gasteiger charge is -2.40. The Hall–Kier alpha value is -1.31. The van der Waals surface area contributed by atoms with Crippen molar-refractivity contribution in [3.63, 3.8) is 0 Å². The highest BCUT2D eigenvalue weighted by Gasteiger charge is 2.46. The van der Waals surface area contributed by atoms with Crippen LogP contribution in [-0.2, 0) is 10.2 Å². The molecule has 0 radical (unpaired) electrons. The Balaban J connectivity index is 2.37. The Morgan fingerprint density at radius 2 is 1.79 bits per heavy atom. The first-order valence-corrected chi connectivity index (χ1v) is 7.40. The number of hydrogen-bond acceptors (Lipinski definition) is 1. The summed E-state index contributed by atoms with van der Waals surface area (Å²) in [5.74, 6) is 0.365. The molecule has 1 N–H and O–H groups in total. The van der Waals surface area contributed by atoms with E-state index in [-0.39, 0.29) is 5.92 Å². The van der Waals surface area contributed by atoms with Crippen LogP contribution in [0.3, 0.4) is 0 Å². The molecule has 0 bridgehead atoms. The number of benzene rings is 1. The first-order chi connectivity index (χ1) is 9.11. The quantitative estimate of drug-likeness (QED) is 0.879. The van der Waals surface area contributed by atoms with Gasteiger partial charge in [-0.1, -0.05) is 57.0 Å².